The van der Waals surface area contributed by atoms with E-state index in [1.807, 2.05) is 49.1 Å². The summed E-state index contributed by atoms with van der Waals surface area (Å²) < 4.78 is 24.3. The molecule has 3 aromatic heterocycles. The van der Waals surface area contributed by atoms with Crippen LogP contribution in [0.2, 0.25) is 0 Å². The average molecular weight is 477 g/mol. The second kappa shape index (κ2) is 8.81. The van der Waals surface area contributed by atoms with Crippen molar-refractivity contribution < 1.29 is 13.9 Å². The number of imidazole rings is 2. The van der Waals surface area contributed by atoms with Gasteiger partial charge in [-0.1, -0.05) is 0 Å². The summed E-state index contributed by atoms with van der Waals surface area (Å²) in [5.41, 5.74) is 4.49. The number of pyridine rings is 1. The van der Waals surface area contributed by atoms with Crippen molar-refractivity contribution in [3.63, 3.8) is 0 Å². The molecule has 0 unspecified atom stereocenters. The number of nitrogens with zero attached hydrogens (tertiary/aromatic N) is 5. The lowest BCUT2D eigenvalue weighted by Gasteiger charge is -2.29. The van der Waals surface area contributed by atoms with Crippen molar-refractivity contribution in [3.05, 3.63) is 66.4 Å². The highest BCUT2D eigenvalue weighted by Gasteiger charge is 2.20. The first-order chi connectivity index (χ1) is 16.7. The predicted octanol–water partition coefficient (Wildman–Crippen LogP) is 4.49. The molecule has 5 rings (SSSR count). The molecule has 4 aromatic rings. The summed E-state index contributed by atoms with van der Waals surface area (Å²) in [7, 11) is 0. The van der Waals surface area contributed by atoms with Crippen LogP contribution in [0.4, 0.5) is 15.8 Å². The summed E-state index contributed by atoms with van der Waals surface area (Å²) >= 11 is 0. The number of aromatic nitrogens is 4. The first-order valence-electron chi connectivity index (χ1n) is 11.7. The Balaban J connectivity index is 1.51. The number of rotatable bonds is 4. The van der Waals surface area contributed by atoms with Crippen LogP contribution in [0.3, 0.4) is 0 Å². The molecule has 0 atom stereocenters. The van der Waals surface area contributed by atoms with Gasteiger partial charge in [0.05, 0.1) is 30.9 Å². The second-order valence-corrected chi connectivity index (χ2v) is 9.81. The molecule has 1 saturated heterocycles. The van der Waals surface area contributed by atoms with Crippen LogP contribution < -0.4 is 10.2 Å². The van der Waals surface area contributed by atoms with E-state index in [0.29, 0.717) is 13.2 Å². The molecule has 0 aliphatic carbocycles. The third-order valence-corrected chi connectivity index (χ3v) is 6.28. The smallest absolute Gasteiger partial charge is 0.275 e. The van der Waals surface area contributed by atoms with Crippen LogP contribution in [0.25, 0.3) is 16.8 Å². The summed E-state index contributed by atoms with van der Waals surface area (Å²) in [4.78, 5) is 23.8. The Hall–Kier alpha value is -3.72. The fourth-order valence-electron chi connectivity index (χ4n) is 4.27. The maximum atomic E-state index is 14.9. The van der Waals surface area contributed by atoms with Crippen LogP contribution >= 0.6 is 0 Å². The number of fused-ring (bicyclic) bond motifs is 1. The van der Waals surface area contributed by atoms with Gasteiger partial charge in [0.1, 0.15) is 11.5 Å². The zero-order chi connectivity index (χ0) is 24.7. The van der Waals surface area contributed by atoms with Crippen molar-refractivity contribution in [2.45, 2.75) is 33.2 Å². The van der Waals surface area contributed by atoms with Gasteiger partial charge in [-0.05, 0) is 57.0 Å². The molecule has 35 heavy (non-hydrogen) atoms. The van der Waals surface area contributed by atoms with Gasteiger partial charge in [0.15, 0.2) is 5.65 Å². The van der Waals surface area contributed by atoms with E-state index in [2.05, 4.69) is 26.3 Å². The molecule has 8 nitrogen and oxygen atoms in total. The number of halogens is 1. The van der Waals surface area contributed by atoms with E-state index in [9.17, 15) is 9.18 Å². The van der Waals surface area contributed by atoms with Crippen molar-refractivity contribution in [1.82, 2.24) is 18.9 Å². The second-order valence-electron chi connectivity index (χ2n) is 9.81. The van der Waals surface area contributed by atoms with Gasteiger partial charge in [-0.25, -0.2) is 14.4 Å². The van der Waals surface area contributed by atoms with Crippen molar-refractivity contribution in [2.24, 2.45) is 0 Å². The fraction of sp³-hybridized carbons (Fsp3) is 0.346. The maximum Gasteiger partial charge on any atom is 0.275 e. The summed E-state index contributed by atoms with van der Waals surface area (Å²) in [6, 6.07) is 5.21. The molecular weight excluding hydrogens is 447 g/mol. The number of anilines is 2. The maximum absolute atomic E-state index is 14.9. The average Bonchev–Trinajstić information content (AvgIpc) is 3.50. The van der Waals surface area contributed by atoms with Gasteiger partial charge in [0.25, 0.3) is 5.91 Å². The lowest BCUT2D eigenvalue weighted by molar-refractivity contribution is 0.102. The normalized spacial score (nSPS) is 14.5. The number of benzene rings is 1. The topological polar surface area (TPSA) is 76.7 Å². The molecule has 1 fully saturated rings. The monoisotopic (exact) mass is 476 g/mol. The molecule has 182 valence electrons. The van der Waals surface area contributed by atoms with E-state index in [1.54, 1.807) is 24.8 Å². The quantitative estimate of drug-likeness (QED) is 0.470. The van der Waals surface area contributed by atoms with Crippen LogP contribution in [-0.4, -0.2) is 51.1 Å². The van der Waals surface area contributed by atoms with E-state index in [1.165, 1.54) is 6.07 Å². The van der Waals surface area contributed by atoms with Gasteiger partial charge in [-0.15, -0.1) is 0 Å². The fourth-order valence-corrected chi connectivity index (χ4v) is 4.27. The van der Waals surface area contributed by atoms with E-state index in [-0.39, 0.29) is 16.9 Å². The van der Waals surface area contributed by atoms with Gasteiger partial charge in [-0.3, -0.25) is 4.79 Å². The molecule has 0 spiro atoms. The minimum absolute atomic E-state index is 0.111. The number of aryl methyl sites for hydroxylation is 1. The number of amides is 1. The number of carbonyl (C=O) groups excluding carboxylic acids is 1. The van der Waals surface area contributed by atoms with E-state index < -0.39 is 11.7 Å². The van der Waals surface area contributed by atoms with Gasteiger partial charge in [0, 0.05) is 49.0 Å². The summed E-state index contributed by atoms with van der Waals surface area (Å²) in [6.07, 6.45) is 8.92. The minimum atomic E-state index is -0.494. The molecule has 0 saturated carbocycles. The van der Waals surface area contributed by atoms with Crippen molar-refractivity contribution in [1.29, 1.82) is 0 Å². The Morgan fingerprint density at radius 1 is 1.11 bits per heavy atom. The largest absolute Gasteiger partial charge is 0.378 e. The predicted molar refractivity (Wildman–Crippen MR) is 134 cm³/mol. The molecule has 1 aromatic carbocycles. The number of carbonyl (C=O) groups is 1. The van der Waals surface area contributed by atoms with Crippen molar-refractivity contribution in [2.75, 3.05) is 36.5 Å². The van der Waals surface area contributed by atoms with Crippen LogP contribution in [-0.2, 0) is 10.3 Å². The van der Waals surface area contributed by atoms with Crippen LogP contribution in [0, 0.1) is 12.7 Å². The van der Waals surface area contributed by atoms with Gasteiger partial charge in [0.2, 0.25) is 0 Å². The lowest BCUT2D eigenvalue weighted by atomic mass is 10.00. The molecule has 1 amide bonds. The third kappa shape index (κ3) is 4.51. The summed E-state index contributed by atoms with van der Waals surface area (Å²) in [5.74, 6) is -0.951. The SMILES string of the molecule is Cc1cc(F)c(NC(=O)c2cn(C(C)(C)C)cn2)cc1-c1cc(N2CCOCC2)c2nccn2c1. The Kier molecular flexibility index (Phi) is 5.80. The van der Waals surface area contributed by atoms with Crippen LogP contribution in [0.5, 0.6) is 0 Å². The molecule has 1 aliphatic rings. The van der Waals surface area contributed by atoms with E-state index in [4.69, 9.17) is 4.74 Å². The highest BCUT2D eigenvalue weighted by molar-refractivity contribution is 6.03. The summed E-state index contributed by atoms with van der Waals surface area (Å²) in [5, 5.41) is 2.70. The molecule has 4 heterocycles. The molecular formula is C26H29FN6O2. The highest BCUT2D eigenvalue weighted by Crippen LogP contribution is 2.33. The van der Waals surface area contributed by atoms with Crippen molar-refractivity contribution in [3.8, 4) is 11.1 Å². The van der Waals surface area contributed by atoms with Crippen LogP contribution in [0.15, 0.2) is 49.3 Å². The zero-order valence-electron chi connectivity index (χ0n) is 20.4. The Morgan fingerprint density at radius 3 is 2.60 bits per heavy atom. The lowest BCUT2D eigenvalue weighted by Crippen LogP contribution is -2.36. The number of ether oxygens (including phenoxy) is 1. The number of morpholine rings is 1. The summed E-state index contributed by atoms with van der Waals surface area (Å²) in [6.45, 7) is 10.8. The number of hydrogen-bond donors (Lipinski definition) is 1. The first kappa shape index (κ1) is 23.0. The number of hydrogen-bond acceptors (Lipinski definition) is 5. The van der Waals surface area contributed by atoms with Gasteiger partial charge in [-0.2, -0.15) is 0 Å². The van der Waals surface area contributed by atoms with E-state index >= 15 is 0 Å². The van der Waals surface area contributed by atoms with Gasteiger partial charge < -0.3 is 23.9 Å². The van der Waals surface area contributed by atoms with Crippen molar-refractivity contribution >= 4 is 22.9 Å². The Bertz CT molecular complexity index is 1390. The van der Waals surface area contributed by atoms with Gasteiger partial charge >= 0.3 is 0 Å². The molecule has 0 bridgehead atoms. The minimum Gasteiger partial charge on any atom is -0.378 e. The highest BCUT2D eigenvalue weighted by atomic mass is 19.1. The number of nitrogens with one attached hydrogen (secondary N) is 1. The molecule has 0 radical (unpaired) electrons. The first-order valence-corrected chi connectivity index (χ1v) is 11.7. The molecule has 1 aliphatic heterocycles. The molecule has 1 N–H and O–H groups in total. The third-order valence-electron chi connectivity index (χ3n) is 6.28. The van der Waals surface area contributed by atoms with Crippen LogP contribution in [0.1, 0.15) is 36.8 Å². The zero-order valence-corrected chi connectivity index (χ0v) is 20.4. The Labute approximate surface area is 203 Å². The Morgan fingerprint density at radius 2 is 1.89 bits per heavy atom. The molecule has 9 heteroatoms. The standard InChI is InChI=1S/C26H29FN6O2/c1-17-11-20(27)21(30-25(34)22-15-33(16-29-22)26(2,3)4)13-19(17)18-12-23(31-7-9-35-10-8-31)24-28-5-6-32(24)14-18/h5-6,11-16H,7-10H2,1-4H3,(H,30,34). The van der Waals surface area contributed by atoms with E-state index in [0.717, 1.165) is 41.1 Å².